The first kappa shape index (κ1) is 19.5. The van der Waals surface area contributed by atoms with E-state index in [0.717, 1.165) is 37.5 Å². The smallest absolute Gasteiger partial charge is 0.416 e. The number of ether oxygens (including phenoxy) is 1. The van der Waals surface area contributed by atoms with Gasteiger partial charge in [-0.25, -0.2) is 0 Å². The van der Waals surface area contributed by atoms with Gasteiger partial charge in [-0.2, -0.15) is 13.2 Å². The Hall–Kier alpha value is -2.21. The van der Waals surface area contributed by atoms with Crippen molar-refractivity contribution in [1.29, 1.82) is 0 Å². The second-order valence-electron chi connectivity index (χ2n) is 6.58. The highest BCUT2D eigenvalue weighted by molar-refractivity contribution is 6.33. The Balaban J connectivity index is 1.69. The lowest BCUT2D eigenvalue weighted by atomic mass is 9.92. The van der Waals surface area contributed by atoms with Gasteiger partial charge in [0.2, 0.25) is 0 Å². The largest absolute Gasteiger partial charge is 0.481 e. The van der Waals surface area contributed by atoms with Gasteiger partial charge in [-0.1, -0.05) is 17.7 Å². The number of aryl methyl sites for hydroxylation is 2. The fourth-order valence-electron chi connectivity index (χ4n) is 3.07. The number of anilines is 1. The average Bonchev–Trinajstić information content (AvgIpc) is 2.62. The summed E-state index contributed by atoms with van der Waals surface area (Å²) in [5.74, 6) is -0.0117. The first-order valence-electron chi connectivity index (χ1n) is 8.70. The molecule has 2 aromatic carbocycles. The summed E-state index contributed by atoms with van der Waals surface area (Å²) in [4.78, 5) is 12.3. The van der Waals surface area contributed by atoms with E-state index < -0.39 is 23.8 Å². The molecule has 1 N–H and O–H groups in total. The molecule has 144 valence electrons. The van der Waals surface area contributed by atoms with Crippen LogP contribution in [0.5, 0.6) is 5.75 Å². The van der Waals surface area contributed by atoms with E-state index in [-0.39, 0.29) is 10.7 Å². The van der Waals surface area contributed by atoms with Crippen molar-refractivity contribution in [3.8, 4) is 5.75 Å². The topological polar surface area (TPSA) is 38.3 Å². The Morgan fingerprint density at radius 2 is 1.81 bits per heavy atom. The van der Waals surface area contributed by atoms with Gasteiger partial charge in [-0.15, -0.1) is 0 Å². The maximum atomic E-state index is 12.8. The zero-order valence-corrected chi connectivity index (χ0v) is 15.5. The van der Waals surface area contributed by atoms with Crippen LogP contribution in [-0.4, -0.2) is 12.0 Å². The van der Waals surface area contributed by atoms with Crippen molar-refractivity contribution in [3.05, 3.63) is 58.1 Å². The van der Waals surface area contributed by atoms with Crippen molar-refractivity contribution in [2.45, 2.75) is 44.9 Å². The Kier molecular flexibility index (Phi) is 5.65. The van der Waals surface area contributed by atoms with E-state index in [1.807, 2.05) is 18.2 Å². The van der Waals surface area contributed by atoms with E-state index in [4.69, 9.17) is 16.3 Å². The minimum absolute atomic E-state index is 0.0253. The van der Waals surface area contributed by atoms with Crippen LogP contribution in [0.4, 0.5) is 18.9 Å². The van der Waals surface area contributed by atoms with Crippen molar-refractivity contribution in [3.63, 3.8) is 0 Å². The number of alkyl halides is 3. The molecule has 0 heterocycles. The lowest BCUT2D eigenvalue weighted by Gasteiger charge is -2.19. The predicted octanol–water partition coefficient (Wildman–Crippen LogP) is 5.64. The van der Waals surface area contributed by atoms with Crippen LogP contribution in [0.15, 0.2) is 36.4 Å². The maximum absolute atomic E-state index is 12.8. The van der Waals surface area contributed by atoms with E-state index in [2.05, 4.69) is 5.32 Å². The molecule has 3 nitrogen and oxygen atoms in total. The monoisotopic (exact) mass is 397 g/mol. The number of hydrogen-bond acceptors (Lipinski definition) is 2. The molecule has 27 heavy (non-hydrogen) atoms. The summed E-state index contributed by atoms with van der Waals surface area (Å²) in [6.07, 6.45) is -1.09. The number of halogens is 4. The van der Waals surface area contributed by atoms with Gasteiger partial charge in [0.1, 0.15) is 5.75 Å². The molecule has 1 unspecified atom stereocenters. The van der Waals surface area contributed by atoms with Gasteiger partial charge >= 0.3 is 6.18 Å². The lowest BCUT2D eigenvalue weighted by Crippen LogP contribution is -2.30. The molecular weight excluding hydrogens is 379 g/mol. The van der Waals surface area contributed by atoms with Gasteiger partial charge in [0.05, 0.1) is 16.3 Å². The van der Waals surface area contributed by atoms with E-state index in [0.29, 0.717) is 5.75 Å². The molecule has 0 spiro atoms. The van der Waals surface area contributed by atoms with E-state index in [9.17, 15) is 18.0 Å². The fraction of sp³-hybridized carbons (Fsp3) is 0.350. The number of benzene rings is 2. The number of nitrogens with one attached hydrogen (secondary N) is 1. The van der Waals surface area contributed by atoms with E-state index in [1.165, 1.54) is 24.5 Å². The van der Waals surface area contributed by atoms with Gasteiger partial charge in [-0.05, 0) is 74.1 Å². The molecule has 1 atom stereocenters. The van der Waals surface area contributed by atoms with Gasteiger partial charge < -0.3 is 10.1 Å². The van der Waals surface area contributed by atoms with Crippen LogP contribution >= 0.6 is 11.6 Å². The Bertz CT molecular complexity index is 852. The molecule has 0 fully saturated rings. The number of carbonyl (C=O) groups is 1. The molecule has 1 amide bonds. The van der Waals surface area contributed by atoms with Crippen LogP contribution in [0.25, 0.3) is 0 Å². The summed E-state index contributed by atoms with van der Waals surface area (Å²) in [6.45, 7) is 1.54. The van der Waals surface area contributed by atoms with Gasteiger partial charge in [0.15, 0.2) is 6.10 Å². The Morgan fingerprint density at radius 1 is 1.11 bits per heavy atom. The summed E-state index contributed by atoms with van der Waals surface area (Å²) >= 11 is 5.91. The molecule has 0 bridgehead atoms. The highest BCUT2D eigenvalue weighted by Crippen LogP contribution is 2.34. The zero-order chi connectivity index (χ0) is 19.6. The predicted molar refractivity (Wildman–Crippen MR) is 98.3 cm³/mol. The number of rotatable bonds is 4. The van der Waals surface area contributed by atoms with Crippen LogP contribution < -0.4 is 10.1 Å². The van der Waals surface area contributed by atoms with Crippen LogP contribution in [-0.2, 0) is 23.8 Å². The molecule has 2 aromatic rings. The molecule has 0 aromatic heterocycles. The van der Waals surface area contributed by atoms with Gasteiger partial charge in [0.25, 0.3) is 5.91 Å². The highest BCUT2D eigenvalue weighted by Gasteiger charge is 2.31. The molecule has 7 heteroatoms. The Morgan fingerprint density at radius 3 is 2.52 bits per heavy atom. The second kappa shape index (κ2) is 7.80. The third-order valence-corrected chi connectivity index (χ3v) is 4.88. The number of hydrogen-bond donors (Lipinski definition) is 1. The standard InChI is InChI=1S/C20H19ClF3NO2/c1-12(27-16-8-6-13-4-2-3-5-14(13)10-16)19(26)25-18-11-15(20(22,23)24)7-9-17(18)21/h6-12H,2-5H2,1H3,(H,25,26). The first-order valence-corrected chi connectivity index (χ1v) is 9.08. The molecule has 0 radical (unpaired) electrons. The van der Waals surface area contributed by atoms with Crippen LogP contribution in [0.2, 0.25) is 5.02 Å². The SMILES string of the molecule is CC(Oc1ccc2c(c1)CCCC2)C(=O)Nc1cc(C(F)(F)F)ccc1Cl. The molecule has 0 saturated heterocycles. The van der Waals surface area contributed by atoms with Crippen molar-refractivity contribution < 1.29 is 22.7 Å². The number of amides is 1. The molecule has 1 aliphatic carbocycles. The molecular formula is C20H19ClF3NO2. The summed E-state index contributed by atoms with van der Waals surface area (Å²) in [6, 6.07) is 8.52. The third-order valence-electron chi connectivity index (χ3n) is 4.55. The van der Waals surface area contributed by atoms with E-state index in [1.54, 1.807) is 0 Å². The van der Waals surface area contributed by atoms with Crippen molar-refractivity contribution >= 4 is 23.2 Å². The normalized spacial score (nSPS) is 15.0. The van der Waals surface area contributed by atoms with Crippen molar-refractivity contribution in [2.75, 3.05) is 5.32 Å². The minimum atomic E-state index is -4.52. The van der Waals surface area contributed by atoms with Crippen LogP contribution in [0.3, 0.4) is 0 Å². The minimum Gasteiger partial charge on any atom is -0.481 e. The first-order chi connectivity index (χ1) is 12.7. The highest BCUT2D eigenvalue weighted by atomic mass is 35.5. The lowest BCUT2D eigenvalue weighted by molar-refractivity contribution is -0.137. The summed E-state index contributed by atoms with van der Waals surface area (Å²) in [7, 11) is 0. The quantitative estimate of drug-likeness (QED) is 0.724. The second-order valence-corrected chi connectivity index (χ2v) is 6.99. The third kappa shape index (κ3) is 4.75. The molecule has 1 aliphatic rings. The maximum Gasteiger partial charge on any atom is 0.416 e. The summed E-state index contributed by atoms with van der Waals surface area (Å²) in [5.41, 5.74) is 1.52. The van der Waals surface area contributed by atoms with Crippen LogP contribution in [0, 0.1) is 0 Å². The van der Waals surface area contributed by atoms with Gasteiger partial charge in [0, 0.05) is 0 Å². The van der Waals surface area contributed by atoms with Crippen LogP contribution in [0.1, 0.15) is 36.5 Å². The number of fused-ring (bicyclic) bond motifs is 1. The zero-order valence-electron chi connectivity index (χ0n) is 14.7. The number of carbonyl (C=O) groups excluding carboxylic acids is 1. The summed E-state index contributed by atoms with van der Waals surface area (Å²) in [5, 5.41) is 2.43. The fourth-order valence-corrected chi connectivity index (χ4v) is 3.24. The molecule has 3 rings (SSSR count). The molecule has 0 saturated carbocycles. The average molecular weight is 398 g/mol. The molecule has 0 aliphatic heterocycles. The van der Waals surface area contributed by atoms with Crippen molar-refractivity contribution in [2.24, 2.45) is 0 Å². The van der Waals surface area contributed by atoms with E-state index >= 15 is 0 Å². The summed E-state index contributed by atoms with van der Waals surface area (Å²) < 4.78 is 44.2. The van der Waals surface area contributed by atoms with Gasteiger partial charge in [-0.3, -0.25) is 4.79 Å². The van der Waals surface area contributed by atoms with Crippen molar-refractivity contribution in [1.82, 2.24) is 0 Å². The Labute approximate surface area is 160 Å².